The fraction of sp³-hybridized carbons (Fsp3) is 0.455. The Hall–Kier alpha value is -1.23. The second kappa shape index (κ2) is 9.31. The Bertz CT molecular complexity index is 885. The van der Waals surface area contributed by atoms with E-state index < -0.39 is 0 Å². The maximum atomic E-state index is 6.32. The first kappa shape index (κ1) is 22.1. The molecular weight excluding hydrogens is 426 g/mol. The van der Waals surface area contributed by atoms with Crippen molar-refractivity contribution in [2.24, 2.45) is 0 Å². The smallest absolute Gasteiger partial charge is 0.193 e. The number of hydrogen-bond donors (Lipinski definition) is 0. The van der Waals surface area contributed by atoms with E-state index in [-0.39, 0.29) is 17.0 Å². The number of fused-ring (bicyclic) bond motifs is 3. The van der Waals surface area contributed by atoms with Gasteiger partial charge in [-0.3, -0.25) is 0 Å². The maximum absolute atomic E-state index is 6.32. The minimum absolute atomic E-state index is 0. The van der Waals surface area contributed by atoms with Crippen molar-refractivity contribution in [3.63, 3.8) is 0 Å². The molecule has 3 aromatic rings. The zero-order valence-electron chi connectivity index (χ0n) is 16.6. The van der Waals surface area contributed by atoms with Gasteiger partial charge in [-0.15, -0.1) is 4.65 Å². The molecule has 1 aromatic heterocycles. The molecule has 4 rings (SSSR count). The Labute approximate surface area is 177 Å². The largest absolute Gasteiger partial charge is 1.00 e. The second-order valence-corrected chi connectivity index (χ2v) is 7.65. The first-order valence-corrected chi connectivity index (χ1v) is 10.1. The van der Waals surface area contributed by atoms with Crippen LogP contribution in [0.1, 0.15) is 46.0 Å². The highest BCUT2D eigenvalue weighted by atomic mass is 79.9. The Balaban J connectivity index is 0.000000844. The van der Waals surface area contributed by atoms with E-state index in [9.17, 15) is 0 Å². The summed E-state index contributed by atoms with van der Waals surface area (Å²) in [5.41, 5.74) is 1.66. The molecule has 148 valence electrons. The van der Waals surface area contributed by atoms with Crippen molar-refractivity contribution in [1.82, 2.24) is 0 Å². The summed E-state index contributed by atoms with van der Waals surface area (Å²) >= 11 is 6.06. The SMILES string of the molecule is CC.C[N+](C)(Oc1ccc2c(c1)oc1cc(Cl)ccc12)C1CCCCC1.[Br-]. The Kier molecular flexibility index (Phi) is 7.61. The Morgan fingerprint density at radius 1 is 0.926 bits per heavy atom. The van der Waals surface area contributed by atoms with E-state index in [1.54, 1.807) is 0 Å². The van der Waals surface area contributed by atoms with E-state index in [1.807, 2.05) is 44.2 Å². The fourth-order valence-corrected chi connectivity index (χ4v) is 4.00. The first-order chi connectivity index (χ1) is 12.5. The van der Waals surface area contributed by atoms with Crippen LogP contribution in [-0.4, -0.2) is 24.8 Å². The number of halogens is 2. The summed E-state index contributed by atoms with van der Waals surface area (Å²) in [5.74, 6) is 0.850. The van der Waals surface area contributed by atoms with Crippen molar-refractivity contribution in [1.29, 1.82) is 0 Å². The van der Waals surface area contributed by atoms with Crippen LogP contribution in [0.15, 0.2) is 40.8 Å². The van der Waals surface area contributed by atoms with Crippen molar-refractivity contribution >= 4 is 33.5 Å². The molecule has 0 amide bonds. The second-order valence-electron chi connectivity index (χ2n) is 7.22. The van der Waals surface area contributed by atoms with Crippen LogP contribution in [0.25, 0.3) is 21.9 Å². The maximum Gasteiger partial charge on any atom is 0.193 e. The van der Waals surface area contributed by atoms with Crippen LogP contribution in [0.3, 0.4) is 0 Å². The molecule has 0 spiro atoms. The van der Waals surface area contributed by atoms with Gasteiger partial charge in [-0.25, -0.2) is 0 Å². The standard InChI is InChI=1S/C20H23ClNO2.C2H6.BrH/c1-22(2,15-6-4-3-5-7-15)24-16-9-11-18-17-10-8-14(21)12-19(17)23-20(18)13-16;1-2;/h8-13,15H,3-7H2,1-2H3;1-2H3;1H/q+1;;/p-1. The fourth-order valence-electron chi connectivity index (χ4n) is 3.84. The topological polar surface area (TPSA) is 22.4 Å². The van der Waals surface area contributed by atoms with Crippen molar-refractivity contribution in [2.75, 3.05) is 14.1 Å². The minimum Gasteiger partial charge on any atom is -1.00 e. The summed E-state index contributed by atoms with van der Waals surface area (Å²) in [7, 11) is 4.30. The lowest BCUT2D eigenvalue weighted by molar-refractivity contribution is -1.07. The lowest BCUT2D eigenvalue weighted by atomic mass is 9.94. The molecule has 0 radical (unpaired) electrons. The summed E-state index contributed by atoms with van der Waals surface area (Å²) in [6.45, 7) is 4.00. The van der Waals surface area contributed by atoms with Crippen LogP contribution in [-0.2, 0) is 0 Å². The average molecular weight is 455 g/mol. The average Bonchev–Trinajstić information content (AvgIpc) is 3.00. The van der Waals surface area contributed by atoms with Crippen LogP contribution in [0.4, 0.5) is 0 Å². The first-order valence-electron chi connectivity index (χ1n) is 9.68. The molecule has 0 unspecified atom stereocenters. The molecule has 0 bridgehead atoms. The highest BCUT2D eigenvalue weighted by molar-refractivity contribution is 6.31. The van der Waals surface area contributed by atoms with E-state index in [1.165, 1.54) is 32.1 Å². The van der Waals surface area contributed by atoms with Crippen molar-refractivity contribution in [3.05, 3.63) is 41.4 Å². The minimum atomic E-state index is 0. The van der Waals surface area contributed by atoms with Crippen LogP contribution in [0.2, 0.25) is 5.02 Å². The molecule has 5 heteroatoms. The third-order valence-electron chi connectivity index (χ3n) is 5.20. The summed E-state index contributed by atoms with van der Waals surface area (Å²) in [6.07, 6.45) is 6.43. The van der Waals surface area contributed by atoms with Gasteiger partial charge in [0.05, 0.1) is 0 Å². The van der Waals surface area contributed by atoms with Crippen LogP contribution < -0.4 is 21.8 Å². The number of furan rings is 1. The van der Waals surface area contributed by atoms with Crippen molar-refractivity contribution in [3.8, 4) is 5.75 Å². The number of hydroxylamine groups is 3. The van der Waals surface area contributed by atoms with Crippen LogP contribution in [0.5, 0.6) is 5.75 Å². The van der Waals surface area contributed by atoms with Gasteiger partial charge in [0.25, 0.3) is 0 Å². The predicted molar refractivity (Wildman–Crippen MR) is 110 cm³/mol. The normalized spacial score (nSPS) is 15.1. The van der Waals surface area contributed by atoms with Gasteiger partial charge in [-0.05, 0) is 37.1 Å². The number of nitrogens with zero attached hydrogens (tertiary/aromatic N) is 1. The van der Waals surface area contributed by atoms with Gasteiger partial charge in [-0.1, -0.05) is 31.9 Å². The molecule has 0 atom stereocenters. The number of hydrogen-bond acceptors (Lipinski definition) is 2. The monoisotopic (exact) mass is 453 g/mol. The van der Waals surface area contributed by atoms with Crippen molar-refractivity contribution < 1.29 is 30.9 Å². The highest BCUT2D eigenvalue weighted by Gasteiger charge is 2.32. The lowest BCUT2D eigenvalue weighted by Gasteiger charge is -2.37. The Morgan fingerprint density at radius 3 is 2.19 bits per heavy atom. The molecule has 0 aliphatic heterocycles. The van der Waals surface area contributed by atoms with E-state index in [0.29, 0.717) is 15.7 Å². The molecule has 0 saturated heterocycles. The van der Waals surface area contributed by atoms with E-state index in [2.05, 4.69) is 20.2 Å². The van der Waals surface area contributed by atoms with E-state index in [0.717, 1.165) is 27.7 Å². The number of benzene rings is 2. The quantitative estimate of drug-likeness (QED) is 0.441. The number of quaternary nitrogens is 1. The van der Waals surface area contributed by atoms with Crippen LogP contribution >= 0.6 is 11.6 Å². The predicted octanol–water partition coefficient (Wildman–Crippen LogP) is 3.97. The third kappa shape index (κ3) is 4.79. The molecule has 1 aliphatic rings. The van der Waals surface area contributed by atoms with Gasteiger partial charge in [-0.2, -0.15) is 0 Å². The van der Waals surface area contributed by atoms with Gasteiger partial charge in [0.15, 0.2) is 5.75 Å². The summed E-state index contributed by atoms with van der Waals surface area (Å²) in [6, 6.07) is 12.4. The highest BCUT2D eigenvalue weighted by Crippen LogP contribution is 2.34. The van der Waals surface area contributed by atoms with Crippen LogP contribution in [0, 0.1) is 0 Å². The Morgan fingerprint density at radius 2 is 1.52 bits per heavy atom. The zero-order valence-corrected chi connectivity index (χ0v) is 18.9. The molecule has 1 heterocycles. The zero-order chi connectivity index (χ0) is 18.7. The molecule has 1 saturated carbocycles. The van der Waals surface area contributed by atoms with Gasteiger partial charge < -0.3 is 26.2 Å². The molecule has 0 N–H and O–H groups in total. The number of rotatable bonds is 3. The lowest BCUT2D eigenvalue weighted by Crippen LogP contribution is -3.00. The molecular formula is C22H29BrClNO2. The molecule has 1 aliphatic carbocycles. The molecule has 2 aromatic carbocycles. The molecule has 1 fully saturated rings. The molecule has 3 nitrogen and oxygen atoms in total. The summed E-state index contributed by atoms with van der Waals surface area (Å²) in [4.78, 5) is 6.32. The summed E-state index contributed by atoms with van der Waals surface area (Å²) < 4.78 is 6.53. The van der Waals surface area contributed by atoms with Gasteiger partial charge >= 0.3 is 0 Å². The van der Waals surface area contributed by atoms with Gasteiger partial charge in [0, 0.05) is 40.8 Å². The van der Waals surface area contributed by atoms with Gasteiger partial charge in [0.2, 0.25) is 0 Å². The van der Waals surface area contributed by atoms with E-state index in [4.69, 9.17) is 20.9 Å². The van der Waals surface area contributed by atoms with E-state index >= 15 is 0 Å². The van der Waals surface area contributed by atoms with Gasteiger partial charge in [0.1, 0.15) is 31.3 Å². The third-order valence-corrected chi connectivity index (χ3v) is 5.44. The summed E-state index contributed by atoms with van der Waals surface area (Å²) in [5, 5.41) is 2.87. The molecule has 27 heavy (non-hydrogen) atoms. The van der Waals surface area contributed by atoms with Crippen molar-refractivity contribution in [2.45, 2.75) is 52.0 Å².